The van der Waals surface area contributed by atoms with Crippen molar-refractivity contribution in [2.75, 3.05) is 0 Å². The van der Waals surface area contributed by atoms with Crippen molar-refractivity contribution in [3.63, 3.8) is 0 Å². The summed E-state index contributed by atoms with van der Waals surface area (Å²) in [5.74, 6) is 0.842. The molecule has 4 rings (SSSR count). The van der Waals surface area contributed by atoms with E-state index < -0.39 is 0 Å². The lowest BCUT2D eigenvalue weighted by atomic mass is 10.1. The first-order valence-corrected chi connectivity index (χ1v) is 9.36. The summed E-state index contributed by atoms with van der Waals surface area (Å²) in [6.07, 6.45) is 1.35. The quantitative estimate of drug-likeness (QED) is 0.494. The van der Waals surface area contributed by atoms with Crippen molar-refractivity contribution >= 4 is 39.5 Å². The van der Waals surface area contributed by atoms with Crippen LogP contribution in [0.5, 0.6) is 0 Å². The maximum Gasteiger partial charge on any atom is 0.234 e. The molecule has 2 aromatic carbocycles. The van der Waals surface area contributed by atoms with Crippen LogP contribution >= 0.6 is 34.5 Å². The first-order chi connectivity index (χ1) is 12.1. The van der Waals surface area contributed by atoms with Crippen molar-refractivity contribution in [3.8, 4) is 0 Å². The van der Waals surface area contributed by atoms with Gasteiger partial charge in [-0.25, -0.2) is 0 Å². The molecule has 2 heterocycles. The number of hydrogen-bond donors (Lipinski definition) is 0. The molecule has 4 nitrogen and oxygen atoms in total. The van der Waals surface area contributed by atoms with Gasteiger partial charge >= 0.3 is 0 Å². The normalized spacial score (nSPS) is 11.3. The molecule has 0 fully saturated rings. The Labute approximate surface area is 159 Å². The van der Waals surface area contributed by atoms with E-state index in [0.29, 0.717) is 22.9 Å². The van der Waals surface area contributed by atoms with E-state index in [1.54, 1.807) is 6.07 Å². The van der Waals surface area contributed by atoms with E-state index in [-0.39, 0.29) is 0 Å². The Hall–Kier alpha value is -1.95. The Morgan fingerprint density at radius 3 is 2.64 bits per heavy atom. The van der Waals surface area contributed by atoms with Crippen LogP contribution in [0, 0.1) is 6.92 Å². The Balaban J connectivity index is 1.63. The molecule has 4 aromatic rings. The predicted octanol–water partition coefficient (Wildman–Crippen LogP) is 4.98. The fourth-order valence-electron chi connectivity index (χ4n) is 2.69. The molecule has 0 saturated heterocycles. The highest BCUT2D eigenvalue weighted by Crippen LogP contribution is 2.25. The zero-order valence-electron chi connectivity index (χ0n) is 13.4. The SMILES string of the molecule is Cc1ccccc1Cc1nnc2sc(Cc3ccc(Cl)cc3Cl)nn12. The molecule has 0 spiro atoms. The van der Waals surface area contributed by atoms with Crippen LogP contribution in [0.15, 0.2) is 42.5 Å². The highest BCUT2D eigenvalue weighted by Gasteiger charge is 2.14. The van der Waals surface area contributed by atoms with Gasteiger partial charge in [0.05, 0.1) is 0 Å². The number of fused-ring (bicyclic) bond motifs is 1. The summed E-state index contributed by atoms with van der Waals surface area (Å²) in [5, 5.41) is 15.4. The molecule has 25 heavy (non-hydrogen) atoms. The molecule has 2 aromatic heterocycles. The molecular formula is C18H14Cl2N4S. The number of halogens is 2. The predicted molar refractivity (Wildman–Crippen MR) is 102 cm³/mol. The van der Waals surface area contributed by atoms with E-state index in [1.807, 2.05) is 28.8 Å². The number of hydrogen-bond acceptors (Lipinski definition) is 4. The molecule has 0 aliphatic carbocycles. The molecule has 0 bridgehead atoms. The molecule has 0 N–H and O–H groups in total. The minimum Gasteiger partial charge on any atom is -0.187 e. The summed E-state index contributed by atoms with van der Waals surface area (Å²) in [4.78, 5) is 0.795. The van der Waals surface area contributed by atoms with Gasteiger partial charge in [0.2, 0.25) is 4.96 Å². The summed E-state index contributed by atoms with van der Waals surface area (Å²) in [6, 6.07) is 13.8. The van der Waals surface area contributed by atoms with Crippen molar-refractivity contribution < 1.29 is 0 Å². The lowest BCUT2D eigenvalue weighted by molar-refractivity contribution is 0.828. The Kier molecular flexibility index (Phi) is 4.46. The standard InChI is InChI=1S/C18H14Cl2N4S/c1-11-4-2-3-5-12(11)8-16-21-22-18-24(16)23-17(25-18)9-13-6-7-14(19)10-15(13)20/h2-7,10H,8-9H2,1H3. The van der Waals surface area contributed by atoms with Crippen LogP contribution in [0.4, 0.5) is 0 Å². The second-order valence-electron chi connectivity index (χ2n) is 5.82. The number of aromatic nitrogens is 4. The third-order valence-electron chi connectivity index (χ3n) is 4.06. The van der Waals surface area contributed by atoms with Gasteiger partial charge in [0, 0.05) is 22.9 Å². The Morgan fingerprint density at radius 1 is 1.00 bits per heavy atom. The van der Waals surface area contributed by atoms with E-state index >= 15 is 0 Å². The van der Waals surface area contributed by atoms with Gasteiger partial charge in [-0.05, 0) is 35.7 Å². The van der Waals surface area contributed by atoms with Gasteiger partial charge in [0.15, 0.2) is 5.82 Å². The maximum absolute atomic E-state index is 6.27. The van der Waals surface area contributed by atoms with E-state index in [4.69, 9.17) is 23.2 Å². The minimum absolute atomic E-state index is 0.632. The molecule has 0 amide bonds. The number of nitrogens with zero attached hydrogens (tertiary/aromatic N) is 4. The monoisotopic (exact) mass is 388 g/mol. The molecule has 126 valence electrons. The number of benzene rings is 2. The molecule has 0 aliphatic heterocycles. The van der Waals surface area contributed by atoms with Gasteiger partial charge in [-0.15, -0.1) is 10.2 Å². The summed E-state index contributed by atoms with van der Waals surface area (Å²) in [5.41, 5.74) is 3.46. The molecule has 0 aliphatic rings. The van der Waals surface area contributed by atoms with Crippen LogP contribution < -0.4 is 0 Å². The van der Waals surface area contributed by atoms with Crippen molar-refractivity contribution in [3.05, 3.63) is 80.0 Å². The lowest BCUT2D eigenvalue weighted by Gasteiger charge is -2.03. The topological polar surface area (TPSA) is 43.1 Å². The fourth-order valence-corrected chi connectivity index (χ4v) is 4.04. The third kappa shape index (κ3) is 3.40. The largest absolute Gasteiger partial charge is 0.234 e. The van der Waals surface area contributed by atoms with E-state index in [2.05, 4.69) is 34.4 Å². The molecular weight excluding hydrogens is 375 g/mol. The number of aryl methyl sites for hydroxylation is 1. The van der Waals surface area contributed by atoms with Gasteiger partial charge < -0.3 is 0 Å². The highest BCUT2D eigenvalue weighted by atomic mass is 35.5. The Bertz CT molecular complexity index is 1050. The van der Waals surface area contributed by atoms with Gasteiger partial charge in [0.25, 0.3) is 0 Å². The average molecular weight is 389 g/mol. The summed E-state index contributed by atoms with van der Waals surface area (Å²) in [6.45, 7) is 2.10. The molecule has 0 unspecified atom stereocenters. The lowest BCUT2D eigenvalue weighted by Crippen LogP contribution is -2.00. The molecule has 0 saturated carbocycles. The minimum atomic E-state index is 0.632. The van der Waals surface area contributed by atoms with Gasteiger partial charge in [-0.2, -0.15) is 9.61 Å². The third-order valence-corrected chi connectivity index (χ3v) is 5.55. The molecule has 0 radical (unpaired) electrons. The van der Waals surface area contributed by atoms with E-state index in [9.17, 15) is 0 Å². The van der Waals surface area contributed by atoms with Gasteiger partial charge in [0.1, 0.15) is 5.01 Å². The first kappa shape index (κ1) is 16.5. The van der Waals surface area contributed by atoms with Crippen molar-refractivity contribution in [1.82, 2.24) is 19.8 Å². The zero-order valence-corrected chi connectivity index (χ0v) is 15.7. The highest BCUT2D eigenvalue weighted by molar-refractivity contribution is 7.16. The fraction of sp³-hybridized carbons (Fsp3) is 0.167. The van der Waals surface area contributed by atoms with Gasteiger partial charge in [-0.3, -0.25) is 0 Å². The zero-order chi connectivity index (χ0) is 17.4. The average Bonchev–Trinajstić information content (AvgIpc) is 3.14. The summed E-state index contributed by atoms with van der Waals surface area (Å²) >= 11 is 13.8. The van der Waals surface area contributed by atoms with E-state index in [0.717, 1.165) is 21.4 Å². The smallest absolute Gasteiger partial charge is 0.187 e. The van der Waals surface area contributed by atoms with Crippen LogP contribution in [0.25, 0.3) is 4.96 Å². The summed E-state index contributed by atoms with van der Waals surface area (Å²) in [7, 11) is 0. The van der Waals surface area contributed by atoms with Crippen molar-refractivity contribution in [2.45, 2.75) is 19.8 Å². The maximum atomic E-state index is 6.27. The van der Waals surface area contributed by atoms with E-state index in [1.165, 1.54) is 22.5 Å². The van der Waals surface area contributed by atoms with Crippen molar-refractivity contribution in [2.24, 2.45) is 0 Å². The van der Waals surface area contributed by atoms with Crippen LogP contribution in [-0.2, 0) is 12.8 Å². The number of rotatable bonds is 4. The van der Waals surface area contributed by atoms with Crippen LogP contribution in [0.3, 0.4) is 0 Å². The second-order valence-corrected chi connectivity index (χ2v) is 7.71. The van der Waals surface area contributed by atoms with Gasteiger partial charge in [-0.1, -0.05) is 64.9 Å². The molecule has 0 atom stereocenters. The first-order valence-electron chi connectivity index (χ1n) is 7.78. The van der Waals surface area contributed by atoms with Crippen molar-refractivity contribution in [1.29, 1.82) is 0 Å². The second kappa shape index (κ2) is 6.75. The van der Waals surface area contributed by atoms with Crippen LogP contribution in [-0.4, -0.2) is 19.8 Å². The summed E-state index contributed by atoms with van der Waals surface area (Å²) < 4.78 is 1.83. The molecule has 7 heteroatoms. The van der Waals surface area contributed by atoms with Crippen LogP contribution in [0.2, 0.25) is 10.0 Å². The Morgan fingerprint density at radius 2 is 1.84 bits per heavy atom. The van der Waals surface area contributed by atoms with Crippen LogP contribution in [0.1, 0.15) is 27.5 Å².